The first-order valence-electron chi connectivity index (χ1n) is 5.68. The van der Waals surface area contributed by atoms with Crippen LogP contribution in [0.2, 0.25) is 0 Å². The Kier molecular flexibility index (Phi) is 3.00. The summed E-state index contributed by atoms with van der Waals surface area (Å²) in [5, 5.41) is 15.3. The summed E-state index contributed by atoms with van der Waals surface area (Å²) in [6.07, 6.45) is 2.59. The SMILES string of the molecule is CC(C)C(C)n1nnnc1CNC1CC1. The molecule has 1 N–H and O–H groups in total. The van der Waals surface area contributed by atoms with E-state index in [-0.39, 0.29) is 0 Å². The normalized spacial score (nSPS) is 18.4. The third kappa shape index (κ3) is 2.53. The molecule has 1 aliphatic rings. The van der Waals surface area contributed by atoms with Crippen LogP contribution in [0.3, 0.4) is 0 Å². The highest BCUT2D eigenvalue weighted by Gasteiger charge is 2.22. The predicted molar refractivity (Wildman–Crippen MR) is 57.2 cm³/mol. The van der Waals surface area contributed by atoms with Crippen molar-refractivity contribution in [1.29, 1.82) is 0 Å². The molecule has 0 aromatic carbocycles. The molecular weight excluding hydrogens is 190 g/mol. The zero-order chi connectivity index (χ0) is 10.8. The molecule has 0 bridgehead atoms. The second kappa shape index (κ2) is 4.26. The van der Waals surface area contributed by atoms with E-state index < -0.39 is 0 Å². The minimum absolute atomic E-state index is 0.357. The molecular formula is C10H19N5. The monoisotopic (exact) mass is 209 g/mol. The third-order valence-corrected chi connectivity index (χ3v) is 3.04. The van der Waals surface area contributed by atoms with Crippen molar-refractivity contribution in [1.82, 2.24) is 25.5 Å². The summed E-state index contributed by atoms with van der Waals surface area (Å²) in [5.74, 6) is 1.50. The first-order chi connectivity index (χ1) is 7.18. The Morgan fingerprint density at radius 2 is 2.13 bits per heavy atom. The van der Waals surface area contributed by atoms with E-state index in [2.05, 4.69) is 41.6 Å². The van der Waals surface area contributed by atoms with Crippen LogP contribution in [-0.2, 0) is 6.54 Å². The van der Waals surface area contributed by atoms with E-state index in [9.17, 15) is 0 Å². The fourth-order valence-electron chi connectivity index (χ4n) is 1.45. The van der Waals surface area contributed by atoms with Gasteiger partial charge >= 0.3 is 0 Å². The smallest absolute Gasteiger partial charge is 0.165 e. The first kappa shape index (κ1) is 10.5. The molecule has 1 aliphatic carbocycles. The zero-order valence-corrected chi connectivity index (χ0v) is 9.64. The molecule has 1 atom stereocenters. The third-order valence-electron chi connectivity index (χ3n) is 3.04. The van der Waals surface area contributed by atoms with Gasteiger partial charge in [-0.3, -0.25) is 0 Å². The maximum absolute atomic E-state index is 4.06. The molecule has 2 rings (SSSR count). The van der Waals surface area contributed by atoms with Gasteiger partial charge in [-0.25, -0.2) is 4.68 Å². The second-order valence-corrected chi connectivity index (χ2v) is 4.68. The van der Waals surface area contributed by atoms with Crippen LogP contribution in [-0.4, -0.2) is 26.2 Å². The van der Waals surface area contributed by atoms with Crippen LogP contribution in [0.25, 0.3) is 0 Å². The van der Waals surface area contributed by atoms with Crippen LogP contribution in [0.5, 0.6) is 0 Å². The van der Waals surface area contributed by atoms with Crippen LogP contribution in [0.15, 0.2) is 0 Å². The van der Waals surface area contributed by atoms with Crippen molar-refractivity contribution in [3.63, 3.8) is 0 Å². The molecule has 1 aromatic rings. The number of nitrogens with zero attached hydrogens (tertiary/aromatic N) is 4. The molecule has 1 heterocycles. The van der Waals surface area contributed by atoms with E-state index in [4.69, 9.17) is 0 Å². The molecule has 1 aromatic heterocycles. The molecule has 0 aliphatic heterocycles. The number of rotatable bonds is 5. The van der Waals surface area contributed by atoms with Crippen LogP contribution < -0.4 is 5.32 Å². The van der Waals surface area contributed by atoms with E-state index in [1.807, 2.05) is 4.68 Å². The summed E-state index contributed by atoms with van der Waals surface area (Å²) in [6, 6.07) is 1.06. The van der Waals surface area contributed by atoms with Crippen molar-refractivity contribution in [2.45, 2.75) is 52.2 Å². The Bertz CT molecular complexity index is 315. The molecule has 5 heteroatoms. The lowest BCUT2D eigenvalue weighted by Gasteiger charge is -2.16. The average Bonchev–Trinajstić information content (AvgIpc) is 2.92. The van der Waals surface area contributed by atoms with E-state index in [1.54, 1.807) is 0 Å². The fourth-order valence-corrected chi connectivity index (χ4v) is 1.45. The van der Waals surface area contributed by atoms with Crippen LogP contribution >= 0.6 is 0 Å². The maximum atomic E-state index is 4.06. The number of tetrazole rings is 1. The van der Waals surface area contributed by atoms with Gasteiger partial charge in [0.25, 0.3) is 0 Å². The topological polar surface area (TPSA) is 55.6 Å². The Hall–Kier alpha value is -0.970. The molecule has 0 spiro atoms. The standard InChI is InChI=1S/C10H19N5/c1-7(2)8(3)15-10(12-13-14-15)6-11-9-4-5-9/h7-9,11H,4-6H2,1-3H3. The molecule has 1 saturated carbocycles. The Labute approximate surface area is 90.2 Å². The molecule has 5 nitrogen and oxygen atoms in total. The second-order valence-electron chi connectivity index (χ2n) is 4.68. The summed E-state index contributed by atoms with van der Waals surface area (Å²) < 4.78 is 1.93. The van der Waals surface area contributed by atoms with Gasteiger partial charge in [-0.05, 0) is 36.1 Å². The number of hydrogen-bond acceptors (Lipinski definition) is 4. The maximum Gasteiger partial charge on any atom is 0.165 e. The van der Waals surface area contributed by atoms with Crippen LogP contribution in [0.1, 0.15) is 45.5 Å². The molecule has 1 unspecified atom stereocenters. The van der Waals surface area contributed by atoms with Gasteiger partial charge in [0.05, 0.1) is 12.6 Å². The Balaban J connectivity index is 1.99. The lowest BCUT2D eigenvalue weighted by atomic mass is 10.1. The van der Waals surface area contributed by atoms with Gasteiger partial charge in [0.2, 0.25) is 0 Å². The van der Waals surface area contributed by atoms with E-state index in [0.717, 1.165) is 12.4 Å². The van der Waals surface area contributed by atoms with Crippen molar-refractivity contribution in [3.05, 3.63) is 5.82 Å². The molecule has 15 heavy (non-hydrogen) atoms. The van der Waals surface area contributed by atoms with E-state index in [1.165, 1.54) is 12.8 Å². The molecule has 0 amide bonds. The minimum atomic E-state index is 0.357. The van der Waals surface area contributed by atoms with Gasteiger partial charge < -0.3 is 5.32 Å². The fraction of sp³-hybridized carbons (Fsp3) is 0.900. The van der Waals surface area contributed by atoms with Gasteiger partial charge in [0.1, 0.15) is 0 Å². The van der Waals surface area contributed by atoms with Gasteiger partial charge in [0.15, 0.2) is 5.82 Å². The molecule has 0 radical (unpaired) electrons. The number of hydrogen-bond donors (Lipinski definition) is 1. The highest BCUT2D eigenvalue weighted by molar-refractivity contribution is 4.88. The van der Waals surface area contributed by atoms with Gasteiger partial charge in [-0.2, -0.15) is 0 Å². The zero-order valence-electron chi connectivity index (χ0n) is 9.64. The number of nitrogens with one attached hydrogen (secondary N) is 1. The van der Waals surface area contributed by atoms with E-state index >= 15 is 0 Å². The Morgan fingerprint density at radius 3 is 2.73 bits per heavy atom. The van der Waals surface area contributed by atoms with Crippen LogP contribution in [0, 0.1) is 5.92 Å². The first-order valence-corrected chi connectivity index (χ1v) is 5.68. The number of aromatic nitrogens is 4. The molecule has 84 valence electrons. The highest BCUT2D eigenvalue weighted by Crippen LogP contribution is 2.20. The van der Waals surface area contributed by atoms with Gasteiger partial charge in [0, 0.05) is 6.04 Å². The van der Waals surface area contributed by atoms with Gasteiger partial charge in [-0.1, -0.05) is 13.8 Å². The summed E-state index contributed by atoms with van der Waals surface area (Å²) >= 11 is 0. The van der Waals surface area contributed by atoms with Crippen molar-refractivity contribution < 1.29 is 0 Å². The lowest BCUT2D eigenvalue weighted by Crippen LogP contribution is -2.22. The van der Waals surface area contributed by atoms with Crippen molar-refractivity contribution >= 4 is 0 Å². The lowest BCUT2D eigenvalue weighted by molar-refractivity contribution is 0.354. The van der Waals surface area contributed by atoms with E-state index in [0.29, 0.717) is 18.0 Å². The highest BCUT2D eigenvalue weighted by atomic mass is 15.6. The molecule has 0 saturated heterocycles. The van der Waals surface area contributed by atoms with Crippen molar-refractivity contribution in [3.8, 4) is 0 Å². The van der Waals surface area contributed by atoms with Gasteiger partial charge in [-0.15, -0.1) is 5.10 Å². The molecule has 1 fully saturated rings. The summed E-state index contributed by atoms with van der Waals surface area (Å²) in [4.78, 5) is 0. The average molecular weight is 209 g/mol. The summed E-state index contributed by atoms with van der Waals surface area (Å²) in [5.41, 5.74) is 0. The largest absolute Gasteiger partial charge is 0.307 e. The summed E-state index contributed by atoms with van der Waals surface area (Å²) in [7, 11) is 0. The summed E-state index contributed by atoms with van der Waals surface area (Å²) in [6.45, 7) is 7.31. The van der Waals surface area contributed by atoms with Crippen molar-refractivity contribution in [2.75, 3.05) is 0 Å². The quantitative estimate of drug-likeness (QED) is 0.790. The van der Waals surface area contributed by atoms with Crippen molar-refractivity contribution in [2.24, 2.45) is 5.92 Å². The predicted octanol–water partition coefficient (Wildman–Crippen LogP) is 1.14. The van der Waals surface area contributed by atoms with Crippen LogP contribution in [0.4, 0.5) is 0 Å². The Morgan fingerprint density at radius 1 is 1.40 bits per heavy atom. The minimum Gasteiger partial charge on any atom is -0.307 e.